The molecule has 0 fully saturated rings. The highest BCUT2D eigenvalue weighted by Crippen LogP contribution is 2.29. The molecule has 0 radical (unpaired) electrons. The molecule has 3 aromatic rings. The van der Waals surface area contributed by atoms with Crippen molar-refractivity contribution in [2.24, 2.45) is 0 Å². The van der Waals surface area contributed by atoms with Gasteiger partial charge >= 0.3 is 5.97 Å². The van der Waals surface area contributed by atoms with E-state index in [2.05, 4.69) is 14.8 Å². The minimum atomic E-state index is -4.01. The van der Waals surface area contributed by atoms with Gasteiger partial charge in [-0.15, -0.1) is 0 Å². The molecule has 0 heterocycles. The molecular weight excluding hydrogens is 468 g/mol. The molecule has 3 aromatic carbocycles. The quantitative estimate of drug-likeness (QED) is 0.449. The van der Waals surface area contributed by atoms with Gasteiger partial charge in [-0.2, -0.15) is 0 Å². The Hall–Kier alpha value is -3.56. The number of methoxy groups -OCH3 is 1. The summed E-state index contributed by atoms with van der Waals surface area (Å²) in [5.74, 6) is -0.690. The van der Waals surface area contributed by atoms with E-state index in [1.54, 1.807) is 25.1 Å². The smallest absolute Gasteiger partial charge is 0.337 e. The van der Waals surface area contributed by atoms with Gasteiger partial charge in [0.1, 0.15) is 5.75 Å². The van der Waals surface area contributed by atoms with E-state index in [0.29, 0.717) is 22.9 Å². The summed E-state index contributed by atoms with van der Waals surface area (Å²) < 4.78 is 38.4. The van der Waals surface area contributed by atoms with Gasteiger partial charge in [-0.25, -0.2) is 13.2 Å². The molecule has 10 heteroatoms. The summed E-state index contributed by atoms with van der Waals surface area (Å²) in [7, 11) is -2.75. The van der Waals surface area contributed by atoms with Crippen LogP contribution in [-0.4, -0.2) is 34.0 Å². The van der Waals surface area contributed by atoms with Gasteiger partial charge in [-0.3, -0.25) is 9.52 Å². The zero-order valence-corrected chi connectivity index (χ0v) is 19.4. The third kappa shape index (κ3) is 6.03. The fourth-order valence-corrected chi connectivity index (χ4v) is 4.16. The number of benzene rings is 3. The Labute approximate surface area is 196 Å². The second kappa shape index (κ2) is 10.4. The van der Waals surface area contributed by atoms with E-state index in [1.165, 1.54) is 55.6 Å². The van der Waals surface area contributed by atoms with Crippen LogP contribution in [0.25, 0.3) is 0 Å². The zero-order chi connectivity index (χ0) is 24.0. The Kier molecular flexibility index (Phi) is 7.57. The molecule has 0 atom stereocenters. The summed E-state index contributed by atoms with van der Waals surface area (Å²) in [5, 5.41) is 3.07. The Morgan fingerprint density at radius 3 is 2.33 bits per heavy atom. The Morgan fingerprint density at radius 2 is 1.70 bits per heavy atom. The van der Waals surface area contributed by atoms with E-state index in [9.17, 15) is 18.0 Å². The molecule has 3 rings (SSSR count). The van der Waals surface area contributed by atoms with Crippen molar-refractivity contribution in [3.05, 3.63) is 82.9 Å². The molecule has 8 nitrogen and oxygen atoms in total. The van der Waals surface area contributed by atoms with Crippen LogP contribution in [-0.2, 0) is 14.8 Å². The van der Waals surface area contributed by atoms with Crippen molar-refractivity contribution < 1.29 is 27.5 Å². The molecule has 0 aliphatic carbocycles. The third-order valence-electron chi connectivity index (χ3n) is 4.45. The highest BCUT2D eigenvalue weighted by atomic mass is 35.5. The lowest BCUT2D eigenvalue weighted by atomic mass is 10.2. The number of rotatable bonds is 8. The van der Waals surface area contributed by atoms with E-state index in [1.807, 2.05) is 0 Å². The van der Waals surface area contributed by atoms with E-state index < -0.39 is 21.9 Å². The van der Waals surface area contributed by atoms with Crippen LogP contribution in [0.1, 0.15) is 27.6 Å². The van der Waals surface area contributed by atoms with Gasteiger partial charge in [0, 0.05) is 16.3 Å². The summed E-state index contributed by atoms with van der Waals surface area (Å²) in [4.78, 5) is 24.1. The maximum absolute atomic E-state index is 12.9. The van der Waals surface area contributed by atoms with Crippen molar-refractivity contribution in [3.8, 4) is 5.75 Å². The summed E-state index contributed by atoms with van der Waals surface area (Å²) in [5.41, 5.74) is 1.03. The van der Waals surface area contributed by atoms with E-state index >= 15 is 0 Å². The maximum atomic E-state index is 12.9. The highest BCUT2D eigenvalue weighted by molar-refractivity contribution is 7.92. The predicted octanol–water partition coefficient (Wildman–Crippen LogP) is 4.58. The molecule has 0 saturated carbocycles. The number of halogens is 1. The number of anilines is 2. The lowest BCUT2D eigenvalue weighted by molar-refractivity contribution is 0.0600. The number of sulfonamides is 1. The average Bonchev–Trinajstić information content (AvgIpc) is 2.80. The van der Waals surface area contributed by atoms with Gasteiger partial charge in [-0.1, -0.05) is 17.7 Å². The maximum Gasteiger partial charge on any atom is 0.337 e. The average molecular weight is 489 g/mol. The molecule has 2 N–H and O–H groups in total. The first-order chi connectivity index (χ1) is 15.7. The fourth-order valence-electron chi connectivity index (χ4n) is 2.89. The summed E-state index contributed by atoms with van der Waals surface area (Å²) in [6, 6.07) is 16.3. The number of esters is 1. The number of nitrogens with one attached hydrogen (secondary N) is 2. The van der Waals surface area contributed by atoms with Gasteiger partial charge in [0.15, 0.2) is 0 Å². The molecule has 0 aliphatic heterocycles. The van der Waals surface area contributed by atoms with E-state index in [-0.39, 0.29) is 21.8 Å². The molecular formula is C23H21ClN2O6S. The Morgan fingerprint density at radius 1 is 0.970 bits per heavy atom. The predicted molar refractivity (Wildman–Crippen MR) is 126 cm³/mol. The summed E-state index contributed by atoms with van der Waals surface area (Å²) >= 11 is 5.95. The third-order valence-corrected chi connectivity index (χ3v) is 6.07. The lowest BCUT2D eigenvalue weighted by Crippen LogP contribution is -2.16. The van der Waals surface area contributed by atoms with Crippen molar-refractivity contribution in [2.75, 3.05) is 23.8 Å². The molecule has 33 heavy (non-hydrogen) atoms. The molecule has 0 spiro atoms. The van der Waals surface area contributed by atoms with Crippen molar-refractivity contribution in [1.82, 2.24) is 0 Å². The van der Waals surface area contributed by atoms with Crippen LogP contribution in [0.5, 0.6) is 5.75 Å². The van der Waals surface area contributed by atoms with Crippen molar-refractivity contribution in [1.29, 1.82) is 0 Å². The van der Waals surface area contributed by atoms with Crippen molar-refractivity contribution >= 4 is 44.9 Å². The van der Waals surface area contributed by atoms with Crippen LogP contribution in [0.4, 0.5) is 11.4 Å². The number of amides is 1. The van der Waals surface area contributed by atoms with Crippen molar-refractivity contribution in [2.45, 2.75) is 11.8 Å². The minimum Gasteiger partial charge on any atom is -0.492 e. The number of carbonyl (C=O) groups is 2. The molecule has 1 amide bonds. The number of hydrogen-bond donors (Lipinski definition) is 2. The SMILES string of the molecule is CCOc1ccc(S(=O)(=O)Nc2ccc(C(=O)OC)cc2)cc1NC(=O)c1cccc(Cl)c1. The molecule has 0 bridgehead atoms. The monoisotopic (exact) mass is 488 g/mol. The largest absolute Gasteiger partial charge is 0.492 e. The highest BCUT2D eigenvalue weighted by Gasteiger charge is 2.19. The normalized spacial score (nSPS) is 10.9. The first-order valence-electron chi connectivity index (χ1n) is 9.78. The van der Waals surface area contributed by atoms with Crippen LogP contribution < -0.4 is 14.8 Å². The van der Waals surface area contributed by atoms with Crippen LogP contribution in [0.2, 0.25) is 5.02 Å². The number of ether oxygens (including phenoxy) is 2. The van der Waals surface area contributed by atoms with Gasteiger partial charge in [0.05, 0.1) is 29.9 Å². The van der Waals surface area contributed by atoms with Gasteiger partial charge in [0.2, 0.25) is 0 Å². The number of carbonyl (C=O) groups excluding carboxylic acids is 2. The molecule has 172 valence electrons. The standard InChI is InChI=1S/C23H21ClN2O6S/c1-3-32-21-12-11-19(14-20(21)25-22(27)16-5-4-6-17(24)13-16)33(29,30)26-18-9-7-15(8-10-18)23(28)31-2/h4-14,26H,3H2,1-2H3,(H,25,27). The Bertz CT molecular complexity index is 1280. The van der Waals surface area contributed by atoms with Crippen LogP contribution in [0, 0.1) is 0 Å². The van der Waals surface area contributed by atoms with Crippen LogP contribution in [0.15, 0.2) is 71.6 Å². The lowest BCUT2D eigenvalue weighted by Gasteiger charge is -2.14. The van der Waals surface area contributed by atoms with Gasteiger partial charge in [-0.05, 0) is 67.6 Å². The second-order valence-electron chi connectivity index (χ2n) is 6.73. The first-order valence-corrected chi connectivity index (χ1v) is 11.6. The fraction of sp³-hybridized carbons (Fsp3) is 0.130. The summed E-state index contributed by atoms with van der Waals surface area (Å²) in [6.45, 7) is 2.09. The minimum absolute atomic E-state index is 0.0932. The van der Waals surface area contributed by atoms with E-state index in [4.69, 9.17) is 16.3 Å². The Balaban J connectivity index is 1.88. The number of hydrogen-bond acceptors (Lipinski definition) is 6. The first kappa shape index (κ1) is 24.1. The van der Waals surface area contributed by atoms with Crippen molar-refractivity contribution in [3.63, 3.8) is 0 Å². The topological polar surface area (TPSA) is 111 Å². The van der Waals surface area contributed by atoms with Gasteiger partial charge in [0.25, 0.3) is 15.9 Å². The van der Waals surface area contributed by atoms with Crippen LogP contribution >= 0.6 is 11.6 Å². The van der Waals surface area contributed by atoms with E-state index in [0.717, 1.165) is 0 Å². The zero-order valence-electron chi connectivity index (χ0n) is 17.8. The van der Waals surface area contributed by atoms with Gasteiger partial charge < -0.3 is 14.8 Å². The summed E-state index contributed by atoms with van der Waals surface area (Å²) in [6.07, 6.45) is 0. The second-order valence-corrected chi connectivity index (χ2v) is 8.85. The molecule has 0 aromatic heterocycles. The molecule has 0 saturated heterocycles. The molecule has 0 aliphatic rings. The van der Waals surface area contributed by atoms with Crippen LogP contribution in [0.3, 0.4) is 0 Å². The molecule has 0 unspecified atom stereocenters.